The molecule has 0 aliphatic heterocycles. The van der Waals surface area contributed by atoms with Gasteiger partial charge in [-0.25, -0.2) is 9.07 Å². The topological polar surface area (TPSA) is 55.2 Å². The van der Waals surface area contributed by atoms with Crippen LogP contribution in [-0.2, 0) is 6.54 Å². The zero-order valence-electron chi connectivity index (χ0n) is 15.5. The molecule has 1 aromatic heterocycles. The van der Waals surface area contributed by atoms with Crippen molar-refractivity contribution in [2.24, 2.45) is 0 Å². The van der Waals surface area contributed by atoms with E-state index in [1.807, 2.05) is 30.3 Å². The summed E-state index contributed by atoms with van der Waals surface area (Å²) in [6, 6.07) is 16.8. The van der Waals surface area contributed by atoms with Crippen molar-refractivity contribution in [1.82, 2.24) is 14.7 Å². The first kappa shape index (κ1) is 19.2. The molecule has 142 valence electrons. The summed E-state index contributed by atoms with van der Waals surface area (Å²) in [6.07, 6.45) is 1.59. The molecule has 0 fully saturated rings. The first-order valence-electron chi connectivity index (χ1n) is 8.81. The average Bonchev–Trinajstić information content (AvgIpc) is 2.69. The highest BCUT2D eigenvalue weighted by Gasteiger charge is 2.22. The summed E-state index contributed by atoms with van der Waals surface area (Å²) in [5.74, 6) is -1.02. The van der Waals surface area contributed by atoms with Crippen LogP contribution in [0.3, 0.4) is 0 Å². The molecule has 1 heterocycles. The van der Waals surface area contributed by atoms with Gasteiger partial charge >= 0.3 is 0 Å². The third kappa shape index (κ3) is 4.06. The fourth-order valence-electron chi connectivity index (χ4n) is 2.89. The summed E-state index contributed by atoms with van der Waals surface area (Å²) in [4.78, 5) is 27.0. The van der Waals surface area contributed by atoms with Gasteiger partial charge in [-0.15, -0.1) is 6.58 Å². The molecule has 0 saturated carbocycles. The maximum Gasteiger partial charge on any atom is 0.278 e. The van der Waals surface area contributed by atoms with Gasteiger partial charge in [0, 0.05) is 24.8 Å². The normalized spacial score (nSPS) is 10.5. The lowest BCUT2D eigenvalue weighted by atomic mass is 10.2. The highest BCUT2D eigenvalue weighted by molar-refractivity contribution is 5.92. The molecule has 0 bridgehead atoms. The van der Waals surface area contributed by atoms with Crippen molar-refractivity contribution in [2.45, 2.75) is 13.5 Å². The van der Waals surface area contributed by atoms with Gasteiger partial charge in [0.25, 0.3) is 5.91 Å². The van der Waals surface area contributed by atoms with Crippen LogP contribution in [0.1, 0.15) is 21.7 Å². The van der Waals surface area contributed by atoms with Crippen LogP contribution < -0.4 is 5.43 Å². The summed E-state index contributed by atoms with van der Waals surface area (Å²) in [5.41, 5.74) is 0.764. The molecule has 0 aliphatic carbocycles. The number of hydrogen-bond acceptors (Lipinski definition) is 3. The Labute approximate surface area is 162 Å². The molecule has 0 spiro atoms. The van der Waals surface area contributed by atoms with E-state index in [1.165, 1.54) is 21.7 Å². The maximum atomic E-state index is 14.2. The van der Waals surface area contributed by atoms with Gasteiger partial charge in [-0.2, -0.15) is 5.10 Å². The Morgan fingerprint density at radius 2 is 1.86 bits per heavy atom. The lowest BCUT2D eigenvalue weighted by Crippen LogP contribution is -2.36. The van der Waals surface area contributed by atoms with E-state index in [4.69, 9.17) is 0 Å². The van der Waals surface area contributed by atoms with Crippen LogP contribution in [0.25, 0.3) is 5.69 Å². The Bertz CT molecular complexity index is 1060. The highest BCUT2D eigenvalue weighted by atomic mass is 19.1. The second-order valence-corrected chi connectivity index (χ2v) is 6.32. The quantitative estimate of drug-likeness (QED) is 0.618. The van der Waals surface area contributed by atoms with Crippen LogP contribution in [0, 0.1) is 12.7 Å². The number of amides is 1. The molecule has 3 rings (SSSR count). The van der Waals surface area contributed by atoms with Crippen molar-refractivity contribution >= 4 is 5.91 Å². The van der Waals surface area contributed by atoms with Gasteiger partial charge in [0.05, 0.1) is 0 Å². The monoisotopic (exact) mass is 377 g/mol. The number of aryl methyl sites for hydroxylation is 1. The van der Waals surface area contributed by atoms with E-state index in [0.29, 0.717) is 12.2 Å². The van der Waals surface area contributed by atoms with E-state index >= 15 is 0 Å². The first-order valence-corrected chi connectivity index (χ1v) is 8.81. The Hall–Kier alpha value is -3.54. The summed E-state index contributed by atoms with van der Waals surface area (Å²) in [6.45, 7) is 5.88. The predicted octanol–water partition coefficient (Wildman–Crippen LogP) is 3.51. The highest BCUT2D eigenvalue weighted by Crippen LogP contribution is 2.14. The smallest absolute Gasteiger partial charge is 0.278 e. The van der Waals surface area contributed by atoms with Crippen LogP contribution in [0.5, 0.6) is 0 Å². The van der Waals surface area contributed by atoms with Gasteiger partial charge in [-0.3, -0.25) is 9.59 Å². The van der Waals surface area contributed by atoms with Crippen LogP contribution in [-0.4, -0.2) is 27.1 Å². The van der Waals surface area contributed by atoms with Gasteiger partial charge in [0.2, 0.25) is 5.43 Å². The minimum atomic E-state index is -0.529. The summed E-state index contributed by atoms with van der Waals surface area (Å²) < 4.78 is 15.5. The molecule has 0 N–H and O–H groups in total. The molecule has 1 amide bonds. The minimum Gasteiger partial charge on any atom is -0.329 e. The minimum absolute atomic E-state index is 0.174. The van der Waals surface area contributed by atoms with Crippen LogP contribution in [0.2, 0.25) is 0 Å². The van der Waals surface area contributed by atoms with Crippen molar-refractivity contribution in [3.05, 3.63) is 106 Å². The number of halogens is 1. The SMILES string of the molecule is C=CCN(Cc1ccccc1)C(=O)c1nn(-c2ccccc2F)c(C)cc1=O. The molecule has 5 nitrogen and oxygen atoms in total. The number of carbonyl (C=O) groups is 1. The fourth-order valence-corrected chi connectivity index (χ4v) is 2.89. The van der Waals surface area contributed by atoms with Crippen molar-refractivity contribution in [2.75, 3.05) is 6.54 Å². The van der Waals surface area contributed by atoms with Crippen molar-refractivity contribution < 1.29 is 9.18 Å². The molecule has 0 unspecified atom stereocenters. The van der Waals surface area contributed by atoms with Crippen LogP contribution in [0.15, 0.2) is 78.1 Å². The summed E-state index contributed by atoms with van der Waals surface area (Å²) in [7, 11) is 0. The second-order valence-electron chi connectivity index (χ2n) is 6.32. The Morgan fingerprint density at radius 3 is 2.54 bits per heavy atom. The van der Waals surface area contributed by atoms with Crippen molar-refractivity contribution in [3.63, 3.8) is 0 Å². The maximum absolute atomic E-state index is 14.2. The number of hydrogen-bond donors (Lipinski definition) is 0. The molecule has 3 aromatic rings. The van der Waals surface area contributed by atoms with Gasteiger partial charge in [0.1, 0.15) is 11.5 Å². The Kier molecular flexibility index (Phi) is 5.79. The van der Waals surface area contributed by atoms with Crippen molar-refractivity contribution in [3.8, 4) is 5.69 Å². The number of para-hydroxylation sites is 1. The summed E-state index contributed by atoms with van der Waals surface area (Å²) in [5, 5.41) is 4.19. The van der Waals surface area contributed by atoms with E-state index < -0.39 is 17.2 Å². The molecule has 0 saturated heterocycles. The van der Waals surface area contributed by atoms with Gasteiger partial charge in [-0.1, -0.05) is 48.5 Å². The lowest BCUT2D eigenvalue weighted by Gasteiger charge is -2.21. The predicted molar refractivity (Wildman–Crippen MR) is 106 cm³/mol. The number of aromatic nitrogens is 2. The molecule has 0 aliphatic rings. The fraction of sp³-hybridized carbons (Fsp3) is 0.136. The molecular formula is C22H20FN3O2. The zero-order valence-corrected chi connectivity index (χ0v) is 15.5. The van der Waals surface area contributed by atoms with E-state index in [0.717, 1.165) is 5.56 Å². The van der Waals surface area contributed by atoms with Gasteiger partial charge < -0.3 is 4.90 Å². The molecular weight excluding hydrogens is 357 g/mol. The zero-order chi connectivity index (χ0) is 20.1. The molecule has 2 aromatic carbocycles. The third-order valence-electron chi connectivity index (χ3n) is 4.24. The first-order chi connectivity index (χ1) is 13.5. The van der Waals surface area contributed by atoms with Crippen LogP contribution >= 0.6 is 0 Å². The largest absolute Gasteiger partial charge is 0.329 e. The van der Waals surface area contributed by atoms with E-state index in [1.54, 1.807) is 31.2 Å². The standard InChI is InChI=1S/C22H20FN3O2/c1-3-13-25(15-17-9-5-4-6-10-17)22(28)21-20(27)14-16(2)26(24-21)19-12-8-7-11-18(19)23/h3-12,14H,1,13,15H2,2H3. The van der Waals surface area contributed by atoms with E-state index in [2.05, 4.69) is 11.7 Å². The van der Waals surface area contributed by atoms with Crippen LogP contribution in [0.4, 0.5) is 4.39 Å². The Balaban J connectivity index is 2.02. The molecule has 0 atom stereocenters. The lowest BCUT2D eigenvalue weighted by molar-refractivity contribution is 0.0753. The molecule has 28 heavy (non-hydrogen) atoms. The Morgan fingerprint density at radius 1 is 1.18 bits per heavy atom. The number of benzene rings is 2. The second kappa shape index (κ2) is 8.43. The van der Waals surface area contributed by atoms with Gasteiger partial charge in [0.15, 0.2) is 5.69 Å². The number of carbonyl (C=O) groups excluding carboxylic acids is 1. The number of rotatable bonds is 6. The molecule has 0 radical (unpaired) electrons. The van der Waals surface area contributed by atoms with Gasteiger partial charge in [-0.05, 0) is 24.6 Å². The van der Waals surface area contributed by atoms with E-state index in [-0.39, 0.29) is 17.9 Å². The van der Waals surface area contributed by atoms with E-state index in [9.17, 15) is 14.0 Å². The number of nitrogens with zero attached hydrogens (tertiary/aromatic N) is 3. The average molecular weight is 377 g/mol. The summed E-state index contributed by atoms with van der Waals surface area (Å²) >= 11 is 0. The third-order valence-corrected chi connectivity index (χ3v) is 4.24. The van der Waals surface area contributed by atoms with Crippen molar-refractivity contribution in [1.29, 1.82) is 0 Å². The molecule has 6 heteroatoms.